The van der Waals surface area contributed by atoms with Gasteiger partial charge in [0.25, 0.3) is 0 Å². The van der Waals surface area contributed by atoms with Crippen molar-refractivity contribution in [1.29, 1.82) is 0 Å². The lowest BCUT2D eigenvalue weighted by Gasteiger charge is -2.18. The Morgan fingerprint density at radius 3 is 2.88 bits per heavy atom. The highest BCUT2D eigenvalue weighted by Crippen LogP contribution is 2.08. The van der Waals surface area contributed by atoms with E-state index in [0.717, 1.165) is 12.8 Å². The standard InChI is InChI=1S/C5H10O3/c6-4-5-2-1-3-7-8-5/h5-6H,1-4H2. The van der Waals surface area contributed by atoms with Crippen LogP contribution in [0, 0.1) is 0 Å². The molecule has 1 unspecified atom stereocenters. The van der Waals surface area contributed by atoms with Gasteiger partial charge in [-0.05, 0) is 12.8 Å². The predicted octanol–water partition coefficient (Wildman–Crippen LogP) is 0.0893. The average Bonchev–Trinajstić information content (AvgIpc) is 1.90. The van der Waals surface area contributed by atoms with Crippen LogP contribution < -0.4 is 0 Å². The smallest absolute Gasteiger partial charge is 0.116 e. The van der Waals surface area contributed by atoms with Crippen LogP contribution in [-0.4, -0.2) is 24.4 Å². The van der Waals surface area contributed by atoms with Gasteiger partial charge in [0.1, 0.15) is 6.10 Å². The first-order valence-electron chi connectivity index (χ1n) is 2.82. The molecule has 1 heterocycles. The fourth-order valence-corrected chi connectivity index (χ4v) is 0.684. The molecule has 1 aliphatic heterocycles. The molecule has 1 fully saturated rings. The minimum absolute atomic E-state index is 0.0694. The maximum absolute atomic E-state index is 8.49. The fourth-order valence-electron chi connectivity index (χ4n) is 0.684. The Morgan fingerprint density at radius 2 is 2.50 bits per heavy atom. The number of hydrogen-bond acceptors (Lipinski definition) is 3. The average molecular weight is 118 g/mol. The minimum Gasteiger partial charge on any atom is -0.394 e. The molecule has 0 aromatic heterocycles. The van der Waals surface area contributed by atoms with E-state index in [1.165, 1.54) is 0 Å². The Balaban J connectivity index is 2.13. The van der Waals surface area contributed by atoms with Crippen molar-refractivity contribution in [3.05, 3.63) is 0 Å². The summed E-state index contributed by atoms with van der Waals surface area (Å²) >= 11 is 0. The second-order valence-electron chi connectivity index (χ2n) is 1.87. The first kappa shape index (κ1) is 6.01. The van der Waals surface area contributed by atoms with Gasteiger partial charge < -0.3 is 5.11 Å². The molecule has 1 aliphatic rings. The van der Waals surface area contributed by atoms with Crippen LogP contribution in [0.5, 0.6) is 0 Å². The molecule has 0 radical (unpaired) electrons. The topological polar surface area (TPSA) is 38.7 Å². The summed E-state index contributed by atoms with van der Waals surface area (Å²) in [6.45, 7) is 0.733. The summed E-state index contributed by atoms with van der Waals surface area (Å²) in [4.78, 5) is 9.29. The second kappa shape index (κ2) is 3.02. The van der Waals surface area contributed by atoms with E-state index in [0.29, 0.717) is 6.61 Å². The number of hydrogen-bond donors (Lipinski definition) is 1. The van der Waals surface area contributed by atoms with Gasteiger partial charge in [0.15, 0.2) is 0 Å². The monoisotopic (exact) mass is 118 g/mol. The van der Waals surface area contributed by atoms with Crippen LogP contribution in [0.1, 0.15) is 12.8 Å². The second-order valence-corrected chi connectivity index (χ2v) is 1.87. The SMILES string of the molecule is OCC1CCCOO1. The van der Waals surface area contributed by atoms with Gasteiger partial charge in [-0.3, -0.25) is 0 Å². The molecule has 0 aliphatic carbocycles. The van der Waals surface area contributed by atoms with Gasteiger partial charge in [-0.25, -0.2) is 9.78 Å². The third-order valence-corrected chi connectivity index (χ3v) is 1.16. The Labute approximate surface area is 48.1 Å². The quantitative estimate of drug-likeness (QED) is 0.496. The summed E-state index contributed by atoms with van der Waals surface area (Å²) in [5, 5.41) is 8.49. The molecule has 0 aromatic rings. The van der Waals surface area contributed by atoms with Crippen LogP contribution in [0.25, 0.3) is 0 Å². The van der Waals surface area contributed by atoms with Gasteiger partial charge in [-0.1, -0.05) is 0 Å². The summed E-state index contributed by atoms with van der Waals surface area (Å²) in [5.41, 5.74) is 0. The van der Waals surface area contributed by atoms with Crippen molar-refractivity contribution < 1.29 is 14.9 Å². The van der Waals surface area contributed by atoms with Crippen LogP contribution in [0.3, 0.4) is 0 Å². The van der Waals surface area contributed by atoms with E-state index < -0.39 is 0 Å². The first-order chi connectivity index (χ1) is 3.93. The number of aliphatic hydroxyl groups is 1. The van der Waals surface area contributed by atoms with E-state index in [1.54, 1.807) is 0 Å². The Kier molecular flexibility index (Phi) is 2.27. The van der Waals surface area contributed by atoms with Crippen LogP contribution in [0.2, 0.25) is 0 Å². The van der Waals surface area contributed by atoms with Crippen molar-refractivity contribution in [2.24, 2.45) is 0 Å². The molecule has 3 heteroatoms. The molecule has 3 nitrogen and oxygen atoms in total. The highest BCUT2D eigenvalue weighted by molar-refractivity contribution is 4.55. The maximum atomic E-state index is 8.49. The molecule has 1 saturated heterocycles. The predicted molar refractivity (Wildman–Crippen MR) is 27.1 cm³/mol. The van der Waals surface area contributed by atoms with E-state index in [-0.39, 0.29) is 12.7 Å². The van der Waals surface area contributed by atoms with Gasteiger partial charge in [0.05, 0.1) is 13.2 Å². The van der Waals surface area contributed by atoms with E-state index in [2.05, 4.69) is 9.78 Å². The summed E-state index contributed by atoms with van der Waals surface area (Å²) in [7, 11) is 0. The highest BCUT2D eigenvalue weighted by atomic mass is 17.2. The van der Waals surface area contributed by atoms with Crippen molar-refractivity contribution in [2.45, 2.75) is 18.9 Å². The normalized spacial score (nSPS) is 30.4. The van der Waals surface area contributed by atoms with Crippen LogP contribution in [0.15, 0.2) is 0 Å². The molecule has 1 N–H and O–H groups in total. The molecular formula is C5H10O3. The fraction of sp³-hybridized carbons (Fsp3) is 1.00. The van der Waals surface area contributed by atoms with Crippen molar-refractivity contribution in [3.63, 3.8) is 0 Å². The molecular weight excluding hydrogens is 108 g/mol. The lowest BCUT2D eigenvalue weighted by atomic mass is 10.2. The van der Waals surface area contributed by atoms with Gasteiger partial charge in [0.2, 0.25) is 0 Å². The molecule has 8 heavy (non-hydrogen) atoms. The number of aliphatic hydroxyl groups excluding tert-OH is 1. The maximum Gasteiger partial charge on any atom is 0.116 e. The zero-order chi connectivity index (χ0) is 5.82. The largest absolute Gasteiger partial charge is 0.394 e. The Morgan fingerprint density at radius 1 is 1.62 bits per heavy atom. The zero-order valence-electron chi connectivity index (χ0n) is 4.67. The minimum atomic E-state index is -0.0799. The summed E-state index contributed by atoms with van der Waals surface area (Å²) in [6, 6.07) is 0. The van der Waals surface area contributed by atoms with Crippen molar-refractivity contribution >= 4 is 0 Å². The lowest BCUT2D eigenvalue weighted by molar-refractivity contribution is -0.348. The molecule has 0 spiro atoms. The van der Waals surface area contributed by atoms with Gasteiger partial charge in [-0.15, -0.1) is 0 Å². The first-order valence-corrected chi connectivity index (χ1v) is 2.82. The van der Waals surface area contributed by atoms with Crippen LogP contribution in [-0.2, 0) is 9.78 Å². The van der Waals surface area contributed by atoms with Crippen LogP contribution in [0.4, 0.5) is 0 Å². The molecule has 48 valence electrons. The summed E-state index contributed by atoms with van der Waals surface area (Å²) in [6.07, 6.45) is 1.82. The van der Waals surface area contributed by atoms with Gasteiger partial charge in [0, 0.05) is 0 Å². The molecule has 0 aromatic carbocycles. The molecule has 1 atom stereocenters. The molecule has 0 saturated carbocycles. The Bertz CT molecular complexity index is 58.7. The van der Waals surface area contributed by atoms with Crippen molar-refractivity contribution in [2.75, 3.05) is 13.2 Å². The third kappa shape index (κ3) is 1.43. The van der Waals surface area contributed by atoms with E-state index in [9.17, 15) is 0 Å². The highest BCUT2D eigenvalue weighted by Gasteiger charge is 2.12. The summed E-state index contributed by atoms with van der Waals surface area (Å²) in [5.74, 6) is 0. The third-order valence-electron chi connectivity index (χ3n) is 1.16. The van der Waals surface area contributed by atoms with Crippen molar-refractivity contribution in [3.8, 4) is 0 Å². The summed E-state index contributed by atoms with van der Waals surface area (Å²) < 4.78 is 0. The van der Waals surface area contributed by atoms with E-state index >= 15 is 0 Å². The van der Waals surface area contributed by atoms with Crippen LogP contribution >= 0.6 is 0 Å². The molecule has 0 bridgehead atoms. The van der Waals surface area contributed by atoms with Gasteiger partial charge in [-0.2, -0.15) is 0 Å². The van der Waals surface area contributed by atoms with Gasteiger partial charge >= 0.3 is 0 Å². The lowest BCUT2D eigenvalue weighted by Crippen LogP contribution is -2.23. The van der Waals surface area contributed by atoms with E-state index in [1.807, 2.05) is 0 Å². The van der Waals surface area contributed by atoms with E-state index in [4.69, 9.17) is 5.11 Å². The zero-order valence-corrected chi connectivity index (χ0v) is 4.67. The number of rotatable bonds is 1. The Hall–Kier alpha value is -0.120. The molecule has 1 rings (SSSR count). The molecule has 0 amide bonds. The van der Waals surface area contributed by atoms with Crippen molar-refractivity contribution in [1.82, 2.24) is 0 Å².